The van der Waals surface area contributed by atoms with E-state index in [1.807, 2.05) is 7.05 Å². The largest absolute Gasteiger partial charge is 0.455 e. The van der Waals surface area contributed by atoms with Gasteiger partial charge in [0.2, 0.25) is 0 Å². The summed E-state index contributed by atoms with van der Waals surface area (Å²) in [5.74, 6) is -3.93. The normalized spacial score (nSPS) is 46.8. The molecular formula is C38H47NO11. The zero-order valence-corrected chi connectivity index (χ0v) is 29.0. The van der Waals surface area contributed by atoms with Gasteiger partial charge < -0.3 is 48.6 Å². The van der Waals surface area contributed by atoms with Gasteiger partial charge in [0.05, 0.1) is 36.0 Å². The molecule has 1 aliphatic heterocycles. The van der Waals surface area contributed by atoms with Gasteiger partial charge in [0.25, 0.3) is 0 Å². The van der Waals surface area contributed by atoms with Crippen molar-refractivity contribution in [1.82, 2.24) is 4.90 Å². The molecule has 2 aromatic carbocycles. The number of nitrogens with zero attached hydrogens (tertiary/aromatic N) is 1. The topological polar surface area (TPSA) is 153 Å². The van der Waals surface area contributed by atoms with Crippen molar-refractivity contribution in [3.63, 3.8) is 0 Å². The number of likely N-dealkylation sites (tertiary alicyclic amines) is 1. The summed E-state index contributed by atoms with van der Waals surface area (Å²) in [4.78, 5) is 30.5. The lowest BCUT2D eigenvalue weighted by atomic mass is 9.42. The highest BCUT2D eigenvalue weighted by Gasteiger charge is 2.92. The molecule has 6 fully saturated rings. The van der Waals surface area contributed by atoms with Crippen LogP contribution in [0.5, 0.6) is 0 Å². The summed E-state index contributed by atoms with van der Waals surface area (Å²) >= 11 is 0. The summed E-state index contributed by atoms with van der Waals surface area (Å²) in [6.07, 6.45) is -5.80. The van der Waals surface area contributed by atoms with E-state index in [1.54, 1.807) is 82.0 Å². The molecule has 2 aromatic rings. The van der Waals surface area contributed by atoms with Crippen molar-refractivity contribution in [3.8, 4) is 0 Å². The predicted octanol–water partition coefficient (Wildman–Crippen LogP) is 1.55. The number of hydrogen-bond donors (Lipinski definition) is 3. The Hall–Kier alpha value is -2.94. The van der Waals surface area contributed by atoms with Crippen LogP contribution in [0, 0.1) is 34.5 Å². The molecule has 3 N–H and O–H groups in total. The van der Waals surface area contributed by atoms with Gasteiger partial charge in [0, 0.05) is 76.0 Å². The maximum atomic E-state index is 14.4. The lowest BCUT2D eigenvalue weighted by Gasteiger charge is -2.70. The van der Waals surface area contributed by atoms with Crippen molar-refractivity contribution in [1.29, 1.82) is 0 Å². The molecule has 8 rings (SSSR count). The highest BCUT2D eigenvalue weighted by atomic mass is 16.6. The minimum atomic E-state index is -1.87. The third kappa shape index (κ3) is 3.99. The molecular weight excluding hydrogens is 646 g/mol. The minimum Gasteiger partial charge on any atom is -0.455 e. The maximum absolute atomic E-state index is 14.4. The molecule has 50 heavy (non-hydrogen) atoms. The summed E-state index contributed by atoms with van der Waals surface area (Å²) in [6, 6.07) is 16.7. The van der Waals surface area contributed by atoms with Crippen molar-refractivity contribution in [2.45, 2.75) is 66.7 Å². The number of rotatable bonds is 9. The summed E-state index contributed by atoms with van der Waals surface area (Å²) in [6.45, 7) is 0.668. The van der Waals surface area contributed by atoms with Crippen molar-refractivity contribution < 1.29 is 53.3 Å². The SMILES string of the molecule is COC[C@]12CN(C)C3[C@@H]4[C@H](OC)[C@H]1[C@@]3([C@@H](OC)C[C@H]2O)[C@@H]1C[C@@]2(O)[C@H](OC(=O)c3ccccc3)[C@@H]1[C@]4(OC(=O)c1ccccc1)[C@@H](O)[C@@H]2OC. The number of fused-ring (bicyclic) bond motifs is 2. The molecule has 0 aromatic heterocycles. The quantitative estimate of drug-likeness (QED) is 0.327. The van der Waals surface area contributed by atoms with Crippen LogP contribution in [0.25, 0.3) is 0 Å². The van der Waals surface area contributed by atoms with Crippen LogP contribution >= 0.6 is 0 Å². The third-order valence-electron chi connectivity index (χ3n) is 13.8. The lowest BCUT2D eigenvalue weighted by molar-refractivity contribution is -0.317. The van der Waals surface area contributed by atoms with E-state index in [-0.39, 0.29) is 18.6 Å². The van der Waals surface area contributed by atoms with Crippen molar-refractivity contribution in [2.75, 3.05) is 48.6 Å². The molecule has 15 atom stereocenters. The van der Waals surface area contributed by atoms with Crippen LogP contribution in [0.4, 0.5) is 0 Å². The predicted molar refractivity (Wildman–Crippen MR) is 176 cm³/mol. The summed E-state index contributed by atoms with van der Waals surface area (Å²) in [5.41, 5.74) is -4.74. The summed E-state index contributed by atoms with van der Waals surface area (Å²) in [7, 11) is 8.23. The third-order valence-corrected chi connectivity index (χ3v) is 13.8. The monoisotopic (exact) mass is 693 g/mol. The highest BCUT2D eigenvalue weighted by molar-refractivity contribution is 5.90. The second-order valence-electron chi connectivity index (χ2n) is 15.4. The molecule has 1 unspecified atom stereocenters. The number of carbonyl (C=O) groups excluding carboxylic acids is 2. The van der Waals surface area contributed by atoms with Crippen LogP contribution in [0.15, 0.2) is 60.7 Å². The maximum Gasteiger partial charge on any atom is 0.338 e. The van der Waals surface area contributed by atoms with Crippen LogP contribution in [0.1, 0.15) is 33.6 Å². The summed E-state index contributed by atoms with van der Waals surface area (Å²) < 4.78 is 38.0. The first-order chi connectivity index (χ1) is 24.0. The molecule has 5 aliphatic carbocycles. The number of methoxy groups -OCH3 is 4. The second kappa shape index (κ2) is 11.8. The number of esters is 2. The molecule has 1 saturated heterocycles. The van der Waals surface area contributed by atoms with Gasteiger partial charge in [0.15, 0.2) is 5.60 Å². The Balaban J connectivity index is 1.41. The molecule has 0 amide bonds. The number of ether oxygens (including phenoxy) is 6. The number of carbonyl (C=O) groups is 2. The smallest absolute Gasteiger partial charge is 0.338 e. The molecule has 7 bridgehead atoms. The fourth-order valence-electron chi connectivity index (χ4n) is 12.7. The van der Waals surface area contributed by atoms with Gasteiger partial charge in [-0.05, 0) is 43.7 Å². The molecule has 5 saturated carbocycles. The van der Waals surface area contributed by atoms with Gasteiger partial charge in [0.1, 0.15) is 23.9 Å². The standard InChI is InChI=1S/C38H47NO11/c1-39-18-35(19-45-2)23(40)16-24(46-3)37-22-17-36(44)31(49-33(42)20-12-8-6-9-13-20)25(22)38(30(41)32(36)48-5,26(29(37)39)27(47-4)28(35)37)50-34(43)21-14-10-7-11-15-21/h6-15,22-32,40-41,44H,16-19H2,1-5H3/t22-,23-,24+,25-,26+,27+,28-,29?,30+,31-,32+,35+,36-,37+,38-/m1/s1. The Morgan fingerprint density at radius 3 is 2.08 bits per heavy atom. The van der Waals surface area contributed by atoms with E-state index in [9.17, 15) is 24.9 Å². The van der Waals surface area contributed by atoms with Gasteiger partial charge in [-0.15, -0.1) is 0 Å². The number of aliphatic hydroxyl groups excluding tert-OH is 2. The number of benzene rings is 2. The Labute approximate surface area is 291 Å². The minimum absolute atomic E-state index is 0.0492. The first-order valence-corrected chi connectivity index (χ1v) is 17.4. The Kier molecular flexibility index (Phi) is 8.06. The average molecular weight is 694 g/mol. The lowest BCUT2D eigenvalue weighted by Crippen LogP contribution is -2.81. The van der Waals surface area contributed by atoms with E-state index in [0.717, 1.165) is 0 Å². The number of piperidine rings is 1. The van der Waals surface area contributed by atoms with E-state index in [2.05, 4.69) is 4.90 Å². The van der Waals surface area contributed by atoms with Gasteiger partial charge in [-0.1, -0.05) is 36.4 Å². The molecule has 270 valence electrons. The van der Waals surface area contributed by atoms with E-state index in [1.165, 1.54) is 7.11 Å². The average Bonchev–Trinajstić information content (AvgIpc) is 3.51. The number of aliphatic hydroxyl groups is 3. The van der Waals surface area contributed by atoms with Crippen molar-refractivity contribution in [2.24, 2.45) is 34.5 Å². The second-order valence-corrected chi connectivity index (χ2v) is 15.4. The molecule has 12 nitrogen and oxygen atoms in total. The molecule has 0 radical (unpaired) electrons. The zero-order chi connectivity index (χ0) is 35.4. The van der Waals surface area contributed by atoms with Gasteiger partial charge in [-0.2, -0.15) is 0 Å². The summed E-state index contributed by atoms with van der Waals surface area (Å²) in [5, 5.41) is 37.8. The molecule has 6 aliphatic rings. The van der Waals surface area contributed by atoms with Crippen molar-refractivity contribution >= 4 is 11.9 Å². The zero-order valence-electron chi connectivity index (χ0n) is 29.0. The fraction of sp³-hybridized carbons (Fsp3) is 0.632. The Morgan fingerprint density at radius 1 is 0.860 bits per heavy atom. The van der Waals surface area contributed by atoms with E-state index < -0.39 is 100 Å². The van der Waals surface area contributed by atoms with Crippen LogP contribution in [-0.4, -0.2) is 135 Å². The van der Waals surface area contributed by atoms with Gasteiger partial charge in [-0.25, -0.2) is 9.59 Å². The molecule has 12 heteroatoms. The van der Waals surface area contributed by atoms with E-state index in [0.29, 0.717) is 18.5 Å². The van der Waals surface area contributed by atoms with Crippen molar-refractivity contribution in [3.05, 3.63) is 71.8 Å². The number of hydrogen-bond acceptors (Lipinski definition) is 12. The van der Waals surface area contributed by atoms with Crippen LogP contribution < -0.4 is 0 Å². The van der Waals surface area contributed by atoms with Crippen LogP contribution in [-0.2, 0) is 28.4 Å². The van der Waals surface area contributed by atoms with Gasteiger partial charge in [-0.3, -0.25) is 0 Å². The molecule has 1 spiro atoms. The van der Waals surface area contributed by atoms with Crippen LogP contribution in [0.3, 0.4) is 0 Å². The Morgan fingerprint density at radius 2 is 1.50 bits per heavy atom. The van der Waals surface area contributed by atoms with E-state index >= 15 is 0 Å². The first-order valence-electron chi connectivity index (χ1n) is 17.4. The fourth-order valence-corrected chi connectivity index (χ4v) is 12.7. The first kappa shape index (κ1) is 34.2. The molecule has 1 heterocycles. The Bertz CT molecular complexity index is 1630. The highest BCUT2D eigenvalue weighted by Crippen LogP contribution is 2.80. The van der Waals surface area contributed by atoms with Gasteiger partial charge >= 0.3 is 11.9 Å². The van der Waals surface area contributed by atoms with Crippen LogP contribution in [0.2, 0.25) is 0 Å². The van der Waals surface area contributed by atoms with E-state index in [4.69, 9.17) is 28.4 Å².